The summed E-state index contributed by atoms with van der Waals surface area (Å²) in [7, 11) is 0. The van der Waals surface area contributed by atoms with Crippen molar-refractivity contribution in [2.75, 3.05) is 18.8 Å². The Kier molecular flexibility index (Phi) is 6.66. The molecule has 192 valence electrons. The minimum atomic E-state index is -0.332. The number of likely N-dealkylation sites (tertiary alicyclic amines) is 1. The average molecular weight is 510 g/mol. The third-order valence-electron chi connectivity index (χ3n) is 6.42. The van der Waals surface area contributed by atoms with Gasteiger partial charge in [-0.1, -0.05) is 38.1 Å². The van der Waals surface area contributed by atoms with Gasteiger partial charge in [0.25, 0.3) is 5.91 Å². The van der Waals surface area contributed by atoms with Gasteiger partial charge in [0.15, 0.2) is 11.5 Å². The Morgan fingerprint density at radius 2 is 1.84 bits per heavy atom. The highest BCUT2D eigenvalue weighted by atomic mass is 16.5. The summed E-state index contributed by atoms with van der Waals surface area (Å²) < 4.78 is 8.94. The predicted octanol–water partition coefficient (Wildman–Crippen LogP) is 3.84. The molecule has 0 spiro atoms. The maximum atomic E-state index is 13.8. The Hall–Kier alpha value is -4.91. The van der Waals surface area contributed by atoms with E-state index in [4.69, 9.17) is 10.5 Å². The number of amides is 1. The number of carbonyl (C=O) groups excluding carboxylic acids is 1. The first kappa shape index (κ1) is 24.8. The number of benzene rings is 2. The lowest BCUT2D eigenvalue weighted by atomic mass is 10.1. The van der Waals surface area contributed by atoms with Crippen molar-refractivity contribution < 1.29 is 9.53 Å². The van der Waals surface area contributed by atoms with Crippen LogP contribution in [-0.4, -0.2) is 43.0 Å². The van der Waals surface area contributed by atoms with E-state index in [0.29, 0.717) is 41.3 Å². The van der Waals surface area contributed by atoms with Crippen LogP contribution >= 0.6 is 0 Å². The third-order valence-corrected chi connectivity index (χ3v) is 6.42. The quantitative estimate of drug-likeness (QED) is 0.308. The van der Waals surface area contributed by atoms with Gasteiger partial charge in [0, 0.05) is 13.1 Å². The van der Waals surface area contributed by atoms with Gasteiger partial charge in [0.05, 0.1) is 11.7 Å². The van der Waals surface area contributed by atoms with Crippen LogP contribution in [-0.2, 0) is 4.79 Å². The normalized spacial score (nSPS) is 15.7. The number of carbonyl (C=O) groups is 1. The van der Waals surface area contributed by atoms with Crippen molar-refractivity contribution in [3.63, 3.8) is 0 Å². The molecule has 1 aliphatic heterocycles. The number of nitriles is 1. The molecular formula is C28H27N7O3. The molecule has 0 aliphatic carbocycles. The summed E-state index contributed by atoms with van der Waals surface area (Å²) in [4.78, 5) is 36.9. The Balaban J connectivity index is 1.49. The van der Waals surface area contributed by atoms with Crippen molar-refractivity contribution in [3.8, 4) is 23.3 Å². The number of nitrogen functional groups attached to an aromatic ring is 1. The Labute approximate surface area is 219 Å². The van der Waals surface area contributed by atoms with Crippen LogP contribution in [0.4, 0.5) is 5.82 Å². The molecule has 2 N–H and O–H groups in total. The highest BCUT2D eigenvalue weighted by molar-refractivity contribution is 5.97. The molecule has 1 fully saturated rings. The summed E-state index contributed by atoms with van der Waals surface area (Å²) >= 11 is 0. The molecule has 10 nitrogen and oxygen atoms in total. The number of fused-ring (bicyclic) bond motifs is 1. The van der Waals surface area contributed by atoms with Crippen molar-refractivity contribution >= 4 is 22.9 Å². The molecule has 1 atom stereocenters. The van der Waals surface area contributed by atoms with E-state index < -0.39 is 0 Å². The minimum absolute atomic E-state index is 0.0664. The van der Waals surface area contributed by atoms with Gasteiger partial charge in [-0.15, -0.1) is 0 Å². The van der Waals surface area contributed by atoms with E-state index >= 15 is 0 Å². The number of aromatic nitrogens is 4. The van der Waals surface area contributed by atoms with E-state index in [0.717, 1.165) is 0 Å². The lowest BCUT2D eigenvalue weighted by Crippen LogP contribution is -2.32. The van der Waals surface area contributed by atoms with E-state index in [1.165, 1.54) is 10.9 Å². The fourth-order valence-corrected chi connectivity index (χ4v) is 4.72. The standard InChI is InChI=1S/C28H27N7O3/c1-18(2)14-19(15-29)27(36)33-13-12-21(16-33)35-26-24(25(30)31-17-32-26)34(28(35)37)20-8-10-23(11-9-20)38-22-6-4-3-5-7-22/h3-11,14,17-18,21H,12-13,16H2,1-2H3,(H2,30,31,32)/t21-/m0/s1. The van der Waals surface area contributed by atoms with Gasteiger partial charge in [0.1, 0.15) is 35.0 Å². The number of nitrogens with zero attached hydrogens (tertiary/aromatic N) is 6. The zero-order chi connectivity index (χ0) is 26.8. The molecule has 1 amide bonds. The largest absolute Gasteiger partial charge is 0.457 e. The molecule has 2 aromatic heterocycles. The molecule has 2 aromatic carbocycles. The van der Waals surface area contributed by atoms with Crippen molar-refractivity contribution in [2.45, 2.75) is 26.3 Å². The van der Waals surface area contributed by atoms with Crippen molar-refractivity contribution in [2.24, 2.45) is 5.92 Å². The molecule has 0 unspecified atom stereocenters. The summed E-state index contributed by atoms with van der Waals surface area (Å²) in [6, 6.07) is 18.2. The number of allylic oxidation sites excluding steroid dienone is 1. The number of imidazole rings is 1. The first-order chi connectivity index (χ1) is 18.4. The summed E-state index contributed by atoms with van der Waals surface area (Å²) in [5.74, 6) is 1.23. The molecule has 0 saturated carbocycles. The molecule has 0 radical (unpaired) electrons. The van der Waals surface area contributed by atoms with Gasteiger partial charge in [-0.05, 0) is 48.7 Å². The second-order valence-corrected chi connectivity index (χ2v) is 9.46. The first-order valence-corrected chi connectivity index (χ1v) is 12.3. The third kappa shape index (κ3) is 4.62. The van der Waals surface area contributed by atoms with Gasteiger partial charge in [0.2, 0.25) is 0 Å². The molecular weight excluding hydrogens is 482 g/mol. The fraction of sp³-hybridized carbons (Fsp3) is 0.250. The van der Waals surface area contributed by atoms with Gasteiger partial charge in [-0.25, -0.2) is 14.8 Å². The maximum Gasteiger partial charge on any atom is 0.335 e. The molecule has 1 aliphatic rings. The predicted molar refractivity (Wildman–Crippen MR) is 143 cm³/mol. The lowest BCUT2D eigenvalue weighted by molar-refractivity contribution is -0.125. The number of hydrogen-bond acceptors (Lipinski definition) is 7. The highest BCUT2D eigenvalue weighted by Gasteiger charge is 2.33. The highest BCUT2D eigenvalue weighted by Crippen LogP contribution is 2.29. The Bertz CT molecular complexity index is 1610. The number of para-hydroxylation sites is 1. The molecule has 3 heterocycles. The van der Waals surface area contributed by atoms with Crippen LogP contribution in [0.5, 0.6) is 11.5 Å². The van der Waals surface area contributed by atoms with Crippen LogP contribution in [0.25, 0.3) is 16.9 Å². The number of anilines is 1. The van der Waals surface area contributed by atoms with Gasteiger partial charge < -0.3 is 15.4 Å². The van der Waals surface area contributed by atoms with Crippen LogP contribution in [0.2, 0.25) is 0 Å². The molecule has 0 bridgehead atoms. The maximum absolute atomic E-state index is 13.8. The Morgan fingerprint density at radius 3 is 2.53 bits per heavy atom. The van der Waals surface area contributed by atoms with Crippen molar-refractivity contribution in [1.82, 2.24) is 24.0 Å². The van der Waals surface area contributed by atoms with Gasteiger partial charge >= 0.3 is 5.69 Å². The second-order valence-electron chi connectivity index (χ2n) is 9.46. The van der Waals surface area contributed by atoms with Crippen molar-refractivity contribution in [1.29, 1.82) is 5.26 Å². The summed E-state index contributed by atoms with van der Waals surface area (Å²) in [5.41, 5.74) is 7.38. The SMILES string of the molecule is CC(C)C=C(C#N)C(=O)N1CC[C@H](n2c(=O)n(-c3ccc(Oc4ccccc4)cc3)c3c(N)ncnc32)C1. The van der Waals surface area contributed by atoms with E-state index in [2.05, 4.69) is 9.97 Å². The number of nitrogens with two attached hydrogens (primary N) is 1. The van der Waals surface area contributed by atoms with Crippen LogP contribution in [0.1, 0.15) is 26.3 Å². The first-order valence-electron chi connectivity index (χ1n) is 12.3. The van der Waals surface area contributed by atoms with Crippen LogP contribution in [0, 0.1) is 17.2 Å². The number of hydrogen-bond donors (Lipinski definition) is 1. The van der Waals surface area contributed by atoms with Crippen molar-refractivity contribution in [3.05, 3.63) is 83.1 Å². The van der Waals surface area contributed by atoms with E-state index in [1.54, 1.807) is 39.8 Å². The number of ether oxygens (including phenoxy) is 1. The van der Waals surface area contributed by atoms with E-state index in [9.17, 15) is 14.9 Å². The molecule has 38 heavy (non-hydrogen) atoms. The minimum Gasteiger partial charge on any atom is -0.457 e. The van der Waals surface area contributed by atoms with E-state index in [-0.39, 0.29) is 41.5 Å². The fourth-order valence-electron chi connectivity index (χ4n) is 4.72. The zero-order valence-electron chi connectivity index (χ0n) is 21.1. The topological polar surface area (TPSA) is 132 Å². The molecule has 4 aromatic rings. The molecule has 10 heteroatoms. The zero-order valence-corrected chi connectivity index (χ0v) is 21.1. The Morgan fingerprint density at radius 1 is 1.13 bits per heavy atom. The van der Waals surface area contributed by atoms with E-state index in [1.807, 2.05) is 50.2 Å². The summed E-state index contributed by atoms with van der Waals surface area (Å²) in [5, 5.41) is 9.47. The lowest BCUT2D eigenvalue weighted by Gasteiger charge is -2.16. The smallest absolute Gasteiger partial charge is 0.335 e. The monoisotopic (exact) mass is 509 g/mol. The summed E-state index contributed by atoms with van der Waals surface area (Å²) in [6.07, 6.45) is 3.53. The van der Waals surface area contributed by atoms with Crippen LogP contribution in [0.15, 0.2) is 77.4 Å². The van der Waals surface area contributed by atoms with Crippen LogP contribution in [0.3, 0.4) is 0 Å². The average Bonchev–Trinajstić information content (AvgIpc) is 3.51. The van der Waals surface area contributed by atoms with Gasteiger partial charge in [-0.2, -0.15) is 5.26 Å². The van der Waals surface area contributed by atoms with Crippen LogP contribution < -0.4 is 16.2 Å². The molecule has 1 saturated heterocycles. The van der Waals surface area contributed by atoms with Gasteiger partial charge in [-0.3, -0.25) is 13.9 Å². The summed E-state index contributed by atoms with van der Waals surface area (Å²) in [6.45, 7) is 4.53. The number of rotatable bonds is 6. The second kappa shape index (κ2) is 10.2. The molecule has 5 rings (SSSR count).